The minimum absolute atomic E-state index is 0.0734. The highest BCUT2D eigenvalue weighted by Gasteiger charge is 2.27. The lowest BCUT2D eigenvalue weighted by atomic mass is 9.93. The van der Waals surface area contributed by atoms with Crippen LogP contribution in [0.4, 0.5) is 15.9 Å². The molecule has 0 aliphatic heterocycles. The molecule has 4 N–H and O–H groups in total. The molecule has 35 heavy (non-hydrogen) atoms. The third-order valence-electron chi connectivity index (χ3n) is 5.25. The first-order valence-electron chi connectivity index (χ1n) is 11.0. The third kappa shape index (κ3) is 6.04. The monoisotopic (exact) mass is 501 g/mol. The van der Waals surface area contributed by atoms with Crippen molar-refractivity contribution in [1.82, 2.24) is 15.3 Å². The van der Waals surface area contributed by atoms with Crippen molar-refractivity contribution in [3.8, 4) is 0 Å². The summed E-state index contributed by atoms with van der Waals surface area (Å²) in [7, 11) is 0. The number of carbonyl (C=O) groups excluding carboxylic acids is 2. The molecule has 8 nitrogen and oxygen atoms in total. The summed E-state index contributed by atoms with van der Waals surface area (Å²) in [6.45, 7) is 8.59. The number of halogens is 2. The lowest BCUT2D eigenvalue weighted by molar-refractivity contribution is -0.131. The molecular weight excluding hydrogens is 473 g/mol. The van der Waals surface area contributed by atoms with Gasteiger partial charge >= 0.3 is 0 Å². The second kappa shape index (κ2) is 10.1. The van der Waals surface area contributed by atoms with Gasteiger partial charge in [-0.2, -0.15) is 0 Å². The van der Waals surface area contributed by atoms with Gasteiger partial charge in [-0.05, 0) is 52.8 Å². The van der Waals surface area contributed by atoms with Gasteiger partial charge in [0.2, 0.25) is 5.91 Å². The summed E-state index contributed by atoms with van der Waals surface area (Å²) >= 11 is 6.18. The Morgan fingerprint density at radius 3 is 2.46 bits per heavy atom. The Kier molecular flexibility index (Phi) is 7.62. The molecule has 0 unspecified atom stereocenters. The summed E-state index contributed by atoms with van der Waals surface area (Å²) in [4.78, 5) is 33.9. The number of carbonyl (C=O) groups is 2. The number of hydrogen-bond donors (Lipinski definition) is 4. The van der Waals surface area contributed by atoms with Crippen LogP contribution in [-0.2, 0) is 11.3 Å². The Morgan fingerprint density at radius 1 is 1.09 bits per heavy atom. The maximum atomic E-state index is 15.3. The number of benzene rings is 2. The predicted molar refractivity (Wildman–Crippen MR) is 135 cm³/mol. The van der Waals surface area contributed by atoms with Crippen molar-refractivity contribution in [2.45, 2.75) is 46.7 Å². The molecule has 10 heteroatoms. The highest BCUT2D eigenvalue weighted by molar-refractivity contribution is 6.34. The van der Waals surface area contributed by atoms with Crippen LogP contribution in [0, 0.1) is 11.2 Å². The maximum absolute atomic E-state index is 15.3. The lowest BCUT2D eigenvalue weighted by Crippen LogP contribution is -2.39. The summed E-state index contributed by atoms with van der Waals surface area (Å²) < 4.78 is 15.3. The van der Waals surface area contributed by atoms with Gasteiger partial charge in [0.05, 0.1) is 33.8 Å². The van der Waals surface area contributed by atoms with E-state index < -0.39 is 23.0 Å². The van der Waals surface area contributed by atoms with E-state index in [1.807, 2.05) is 26.8 Å². The summed E-state index contributed by atoms with van der Waals surface area (Å²) in [6.07, 6.45) is 1.39. The summed E-state index contributed by atoms with van der Waals surface area (Å²) in [5.41, 5.74) is -0.698. The van der Waals surface area contributed by atoms with Crippen LogP contribution in [-0.4, -0.2) is 39.0 Å². The molecule has 0 aliphatic carbocycles. The van der Waals surface area contributed by atoms with Crippen LogP contribution < -0.4 is 16.0 Å². The number of amides is 2. The maximum Gasteiger partial charge on any atom is 0.260 e. The molecule has 0 saturated heterocycles. The topological polar surface area (TPSA) is 116 Å². The van der Waals surface area contributed by atoms with E-state index in [1.165, 1.54) is 18.5 Å². The zero-order valence-corrected chi connectivity index (χ0v) is 21.0. The molecule has 0 aliphatic rings. The van der Waals surface area contributed by atoms with E-state index in [0.717, 1.165) is 0 Å². The number of anilines is 2. The number of hydrogen-bond acceptors (Lipinski definition) is 6. The minimum atomic E-state index is -1.03. The van der Waals surface area contributed by atoms with Crippen molar-refractivity contribution in [2.24, 2.45) is 5.41 Å². The number of para-hydroxylation sites is 1. The normalized spacial score (nSPS) is 11.9. The summed E-state index contributed by atoms with van der Waals surface area (Å²) in [6, 6.07) is 8.01. The van der Waals surface area contributed by atoms with Crippen molar-refractivity contribution in [2.75, 3.05) is 17.2 Å². The highest BCUT2D eigenvalue weighted by Crippen LogP contribution is 2.29. The number of aromatic nitrogens is 2. The zero-order valence-electron chi connectivity index (χ0n) is 20.3. The fourth-order valence-corrected chi connectivity index (χ4v) is 3.49. The largest absolute Gasteiger partial charge is 0.395 e. The van der Waals surface area contributed by atoms with Crippen LogP contribution in [0.25, 0.3) is 10.9 Å². The molecule has 2 amide bonds. The predicted octanol–water partition coefficient (Wildman–Crippen LogP) is 4.52. The van der Waals surface area contributed by atoms with Crippen LogP contribution in [0.3, 0.4) is 0 Å². The Hall–Kier alpha value is -3.30. The Bertz CT molecular complexity index is 1270. The van der Waals surface area contributed by atoms with Gasteiger partial charge in [-0.1, -0.05) is 23.7 Å². The van der Waals surface area contributed by atoms with Gasteiger partial charge in [0.1, 0.15) is 18.0 Å². The van der Waals surface area contributed by atoms with E-state index in [0.29, 0.717) is 22.4 Å². The van der Waals surface area contributed by atoms with Gasteiger partial charge in [-0.25, -0.2) is 14.4 Å². The average molecular weight is 502 g/mol. The summed E-state index contributed by atoms with van der Waals surface area (Å²) in [5, 5.41) is 18.5. The number of aliphatic hydroxyl groups is 1. The zero-order chi connectivity index (χ0) is 26.0. The number of fused-ring (bicyclic) bond motifs is 1. The Labute approximate surface area is 208 Å². The van der Waals surface area contributed by atoms with Gasteiger partial charge in [0.15, 0.2) is 0 Å². The molecule has 1 heterocycles. The quantitative estimate of drug-likeness (QED) is 0.378. The molecule has 1 aromatic heterocycles. The highest BCUT2D eigenvalue weighted by atomic mass is 35.5. The minimum Gasteiger partial charge on any atom is -0.395 e. The molecule has 0 bridgehead atoms. The average Bonchev–Trinajstić information content (AvgIpc) is 2.78. The van der Waals surface area contributed by atoms with E-state index in [4.69, 9.17) is 11.6 Å². The number of aliphatic hydroxyl groups excluding tert-OH is 1. The lowest BCUT2D eigenvalue weighted by Gasteiger charge is -2.22. The fraction of sp³-hybridized carbons (Fsp3) is 0.360. The van der Waals surface area contributed by atoms with Crippen LogP contribution in [0.5, 0.6) is 0 Å². The number of nitrogens with zero attached hydrogens (tertiary/aromatic N) is 2. The van der Waals surface area contributed by atoms with Gasteiger partial charge in [0, 0.05) is 23.0 Å². The summed E-state index contributed by atoms with van der Waals surface area (Å²) in [5.74, 6) is -1.45. The Morgan fingerprint density at radius 2 is 1.80 bits per heavy atom. The molecular formula is C25H29ClFN5O3. The van der Waals surface area contributed by atoms with Crippen molar-refractivity contribution in [1.29, 1.82) is 0 Å². The second-order valence-corrected chi connectivity index (χ2v) is 10.3. The van der Waals surface area contributed by atoms with Gasteiger partial charge < -0.3 is 21.1 Å². The molecule has 3 aromatic rings. The molecule has 0 spiro atoms. The van der Waals surface area contributed by atoms with Crippen LogP contribution >= 0.6 is 11.6 Å². The van der Waals surface area contributed by atoms with Crippen LogP contribution in [0.2, 0.25) is 5.02 Å². The van der Waals surface area contributed by atoms with E-state index in [9.17, 15) is 14.7 Å². The molecule has 0 fully saturated rings. The molecule has 0 atom stereocenters. The second-order valence-electron chi connectivity index (χ2n) is 9.87. The first-order chi connectivity index (χ1) is 16.3. The van der Waals surface area contributed by atoms with Crippen molar-refractivity contribution < 1.29 is 19.1 Å². The molecule has 3 rings (SSSR count). The van der Waals surface area contributed by atoms with Crippen molar-refractivity contribution in [3.05, 3.63) is 58.6 Å². The first-order valence-corrected chi connectivity index (χ1v) is 11.4. The molecule has 2 aromatic carbocycles. The first kappa shape index (κ1) is 26.3. The van der Waals surface area contributed by atoms with E-state index in [1.54, 1.807) is 26.0 Å². The molecule has 186 valence electrons. The Balaban J connectivity index is 1.90. The van der Waals surface area contributed by atoms with Crippen molar-refractivity contribution in [3.63, 3.8) is 0 Å². The SMILES string of the molecule is CC(C)(C)Nc1ncnc2c(NC(=O)c3c(Cl)ccc(CNC(=O)C(C)(C)CO)c3F)cccc12. The van der Waals surface area contributed by atoms with E-state index in [2.05, 4.69) is 25.9 Å². The van der Waals surface area contributed by atoms with Gasteiger partial charge in [-0.15, -0.1) is 0 Å². The number of rotatable bonds is 7. The van der Waals surface area contributed by atoms with Gasteiger partial charge in [0.25, 0.3) is 5.91 Å². The van der Waals surface area contributed by atoms with Crippen LogP contribution in [0.1, 0.15) is 50.5 Å². The smallest absolute Gasteiger partial charge is 0.260 e. The van der Waals surface area contributed by atoms with Crippen LogP contribution in [0.15, 0.2) is 36.7 Å². The fourth-order valence-electron chi connectivity index (χ4n) is 3.25. The third-order valence-corrected chi connectivity index (χ3v) is 5.57. The van der Waals surface area contributed by atoms with E-state index >= 15 is 4.39 Å². The molecule has 0 saturated carbocycles. The van der Waals surface area contributed by atoms with Crippen molar-refractivity contribution >= 4 is 45.8 Å². The number of nitrogens with one attached hydrogen (secondary N) is 3. The molecule has 0 radical (unpaired) electrons. The van der Waals surface area contributed by atoms with E-state index in [-0.39, 0.29) is 34.8 Å². The standard InChI is InChI=1S/C25H29ClFN5O3/c1-24(2,3)32-21-15-7-6-8-17(20(15)29-13-30-21)31-22(34)18-16(26)10-9-14(19(18)27)11-28-23(35)25(4,5)12-33/h6-10,13,33H,11-12H2,1-5H3,(H,28,35)(H,31,34)(H,29,30,32). The van der Waals surface area contributed by atoms with Gasteiger partial charge in [-0.3, -0.25) is 9.59 Å².